The topological polar surface area (TPSA) is 89.9 Å². The quantitative estimate of drug-likeness (QED) is 0.725. The van der Waals surface area contributed by atoms with Crippen LogP contribution in [0.3, 0.4) is 0 Å². The van der Waals surface area contributed by atoms with Gasteiger partial charge in [0, 0.05) is 6.42 Å². The molecule has 0 saturated heterocycles. The summed E-state index contributed by atoms with van der Waals surface area (Å²) in [4.78, 5) is 10.9. The molecule has 7 heteroatoms. The maximum atomic E-state index is 11.0. The lowest BCUT2D eigenvalue weighted by Gasteiger charge is -2.10. The number of aliphatic carboxylic acids is 1. The van der Waals surface area contributed by atoms with Gasteiger partial charge in [-0.25, -0.2) is 0 Å². The first kappa shape index (κ1) is 18.8. The fourth-order valence-electron chi connectivity index (χ4n) is 2.17. The summed E-state index contributed by atoms with van der Waals surface area (Å²) in [5, 5.41) is 8.98. The van der Waals surface area contributed by atoms with Crippen LogP contribution in [0.5, 0.6) is 11.5 Å². The fourth-order valence-corrected chi connectivity index (χ4v) is 2.63. The lowest BCUT2D eigenvalue weighted by molar-refractivity contribution is -0.138. The summed E-state index contributed by atoms with van der Waals surface area (Å²) in [5.41, 5.74) is 1.71. The van der Waals surface area contributed by atoms with Gasteiger partial charge in [0.05, 0.1) is 18.8 Å². The van der Waals surface area contributed by atoms with Crippen molar-refractivity contribution in [3.05, 3.63) is 59.7 Å². The molecule has 0 aromatic heterocycles. The number of benzene rings is 2. The molecule has 6 nitrogen and oxygen atoms in total. The van der Waals surface area contributed by atoms with Crippen molar-refractivity contribution in [2.24, 2.45) is 0 Å². The largest absolute Gasteiger partial charge is 0.493 e. The van der Waals surface area contributed by atoms with Gasteiger partial charge < -0.3 is 14.0 Å². The second-order valence-corrected chi connectivity index (χ2v) is 7.23. The van der Waals surface area contributed by atoms with E-state index >= 15 is 0 Å². The Morgan fingerprint density at radius 3 is 2.12 bits per heavy atom. The van der Waals surface area contributed by atoms with Crippen molar-refractivity contribution >= 4 is 16.1 Å². The van der Waals surface area contributed by atoms with E-state index in [9.17, 15) is 13.2 Å². The molecular formula is C18H20O6S. The zero-order valence-corrected chi connectivity index (χ0v) is 14.8. The Bertz CT molecular complexity index is 810. The van der Waals surface area contributed by atoms with Crippen molar-refractivity contribution in [3.63, 3.8) is 0 Å². The first-order valence-corrected chi connectivity index (χ1v) is 9.50. The highest BCUT2D eigenvalue weighted by Crippen LogP contribution is 2.20. The Hall–Kier alpha value is -2.54. The molecular weight excluding hydrogens is 344 g/mol. The molecule has 0 heterocycles. The van der Waals surface area contributed by atoms with E-state index in [2.05, 4.69) is 0 Å². The molecule has 2 rings (SSSR count). The fraction of sp³-hybridized carbons (Fsp3) is 0.278. The molecule has 1 N–H and O–H groups in total. The number of hydrogen-bond acceptors (Lipinski definition) is 5. The third kappa shape index (κ3) is 6.11. The highest BCUT2D eigenvalue weighted by molar-refractivity contribution is 7.86. The van der Waals surface area contributed by atoms with E-state index in [-0.39, 0.29) is 5.75 Å². The minimum atomic E-state index is -3.52. The molecule has 0 aliphatic carbocycles. The Kier molecular flexibility index (Phi) is 6.03. The smallest absolute Gasteiger partial charge is 0.310 e. The lowest BCUT2D eigenvalue weighted by atomic mass is 10.0. The van der Waals surface area contributed by atoms with Crippen LogP contribution in [0, 0.1) is 0 Å². The first-order chi connectivity index (χ1) is 11.7. The zero-order chi connectivity index (χ0) is 18.4. The maximum absolute atomic E-state index is 11.0. The molecule has 0 radical (unpaired) electrons. The van der Waals surface area contributed by atoms with Crippen molar-refractivity contribution in [2.45, 2.75) is 19.3 Å². The van der Waals surface area contributed by atoms with Crippen molar-refractivity contribution in [3.8, 4) is 11.5 Å². The highest BCUT2D eigenvalue weighted by atomic mass is 32.2. The average molecular weight is 364 g/mol. The van der Waals surface area contributed by atoms with E-state index < -0.39 is 22.0 Å². The van der Waals surface area contributed by atoms with Gasteiger partial charge in [0.1, 0.15) is 11.5 Å². The number of carbonyl (C=O) groups is 1. The molecule has 134 valence electrons. The molecule has 0 saturated carbocycles. The van der Waals surface area contributed by atoms with Gasteiger partial charge in [-0.1, -0.05) is 24.3 Å². The summed E-state index contributed by atoms with van der Waals surface area (Å²) in [6.45, 7) is 2.08. The van der Waals surface area contributed by atoms with Gasteiger partial charge >= 0.3 is 16.1 Å². The van der Waals surface area contributed by atoms with Crippen LogP contribution in [0.25, 0.3) is 0 Å². The average Bonchev–Trinajstić information content (AvgIpc) is 2.55. The van der Waals surface area contributed by atoms with Gasteiger partial charge in [-0.05, 0) is 42.3 Å². The van der Waals surface area contributed by atoms with E-state index in [1.54, 1.807) is 55.5 Å². The zero-order valence-electron chi connectivity index (χ0n) is 14.0. The van der Waals surface area contributed by atoms with Crippen molar-refractivity contribution in [1.82, 2.24) is 0 Å². The number of rotatable bonds is 8. The Labute approximate surface area is 147 Å². The van der Waals surface area contributed by atoms with Crippen molar-refractivity contribution < 1.29 is 27.2 Å². The van der Waals surface area contributed by atoms with Crippen LogP contribution in [-0.2, 0) is 21.3 Å². The highest BCUT2D eigenvalue weighted by Gasteiger charge is 2.13. The van der Waals surface area contributed by atoms with Gasteiger partial charge in [-0.15, -0.1) is 0 Å². The minimum Gasteiger partial charge on any atom is -0.493 e. The molecule has 0 aliphatic heterocycles. The van der Waals surface area contributed by atoms with Crippen LogP contribution in [0.4, 0.5) is 0 Å². The van der Waals surface area contributed by atoms with E-state index in [1.807, 2.05) is 0 Å². The van der Waals surface area contributed by atoms with Gasteiger partial charge in [-0.3, -0.25) is 4.79 Å². The summed E-state index contributed by atoms with van der Waals surface area (Å²) >= 11 is 0. The molecule has 2 aromatic carbocycles. The SMILES string of the molecule is CC(C(=O)O)c1ccc(OCCc2ccc(OS(C)(=O)=O)cc2)cc1. The molecule has 1 atom stereocenters. The van der Waals surface area contributed by atoms with Gasteiger partial charge in [0.25, 0.3) is 0 Å². The summed E-state index contributed by atoms with van der Waals surface area (Å²) in [6, 6.07) is 13.7. The third-order valence-electron chi connectivity index (χ3n) is 3.58. The Balaban J connectivity index is 1.85. The summed E-state index contributed by atoms with van der Waals surface area (Å²) in [5.74, 6) is -0.479. The predicted molar refractivity (Wildman–Crippen MR) is 93.6 cm³/mol. The molecule has 0 fully saturated rings. The van der Waals surface area contributed by atoms with Crippen molar-refractivity contribution in [1.29, 1.82) is 0 Å². The van der Waals surface area contributed by atoms with Crippen LogP contribution >= 0.6 is 0 Å². The van der Waals surface area contributed by atoms with Crippen LogP contribution in [0.15, 0.2) is 48.5 Å². The van der Waals surface area contributed by atoms with E-state index in [4.69, 9.17) is 14.0 Å². The molecule has 2 aromatic rings. The lowest BCUT2D eigenvalue weighted by Crippen LogP contribution is -2.07. The summed E-state index contributed by atoms with van der Waals surface area (Å²) < 4.78 is 32.5. The maximum Gasteiger partial charge on any atom is 0.310 e. The normalized spacial score (nSPS) is 12.4. The Morgan fingerprint density at radius 2 is 1.60 bits per heavy atom. The molecule has 0 spiro atoms. The molecule has 0 aliphatic rings. The molecule has 1 unspecified atom stereocenters. The second-order valence-electron chi connectivity index (χ2n) is 5.66. The van der Waals surface area contributed by atoms with Crippen LogP contribution < -0.4 is 8.92 Å². The minimum absolute atomic E-state index is 0.273. The van der Waals surface area contributed by atoms with E-state index in [0.29, 0.717) is 18.8 Å². The molecule has 0 bridgehead atoms. The summed E-state index contributed by atoms with van der Waals surface area (Å²) in [7, 11) is -3.52. The van der Waals surface area contributed by atoms with Gasteiger partial charge in [0.15, 0.2) is 0 Å². The number of hydrogen-bond donors (Lipinski definition) is 1. The van der Waals surface area contributed by atoms with Crippen molar-refractivity contribution in [2.75, 3.05) is 12.9 Å². The number of ether oxygens (including phenoxy) is 1. The number of carboxylic acid groups (broad SMARTS) is 1. The summed E-state index contributed by atoms with van der Waals surface area (Å²) in [6.07, 6.45) is 1.64. The third-order valence-corrected chi connectivity index (χ3v) is 4.08. The van der Waals surface area contributed by atoms with E-state index in [1.165, 1.54) is 0 Å². The van der Waals surface area contributed by atoms with E-state index in [0.717, 1.165) is 17.4 Å². The standard InChI is InChI=1S/C18H20O6S/c1-13(18(19)20)15-5-9-16(10-6-15)23-12-11-14-3-7-17(8-4-14)24-25(2,21)22/h3-10,13H,11-12H2,1-2H3,(H,19,20). The monoisotopic (exact) mass is 364 g/mol. The van der Waals surface area contributed by atoms with Crippen LogP contribution in [-0.4, -0.2) is 32.4 Å². The predicted octanol–water partition coefficient (Wildman–Crippen LogP) is 2.83. The van der Waals surface area contributed by atoms with Gasteiger partial charge in [-0.2, -0.15) is 8.42 Å². The molecule has 25 heavy (non-hydrogen) atoms. The van der Waals surface area contributed by atoms with Gasteiger partial charge in [0.2, 0.25) is 0 Å². The Morgan fingerprint density at radius 1 is 1.04 bits per heavy atom. The first-order valence-electron chi connectivity index (χ1n) is 7.68. The van der Waals surface area contributed by atoms with Crippen LogP contribution in [0.1, 0.15) is 24.0 Å². The molecule has 0 amide bonds. The number of carboxylic acids is 1. The van der Waals surface area contributed by atoms with Crippen LogP contribution in [0.2, 0.25) is 0 Å². The second kappa shape index (κ2) is 8.02.